The fourth-order valence-corrected chi connectivity index (χ4v) is 1.41. The molecule has 0 heterocycles. The number of hydrogen-bond acceptors (Lipinski definition) is 3. The molecule has 0 fully saturated rings. The number of benzene rings is 1. The topological polar surface area (TPSA) is 45.0 Å². The molecule has 1 rings (SSSR count). The number of ether oxygens (including phenoxy) is 1. The van der Waals surface area contributed by atoms with Crippen LogP contribution < -0.4 is 10.1 Å². The number of nitrogens with one attached hydrogen (secondary N) is 1. The first-order chi connectivity index (χ1) is 8.72. The molecule has 0 bridgehead atoms. The summed E-state index contributed by atoms with van der Waals surface area (Å²) in [5, 5.41) is 11.9. The number of rotatable bonds is 5. The molecule has 0 amide bonds. The van der Waals surface area contributed by atoms with Crippen LogP contribution in [0, 0.1) is 16.7 Å². The molecule has 0 spiro atoms. The third kappa shape index (κ3) is 6.11. The molecule has 0 radical (unpaired) electrons. The van der Waals surface area contributed by atoms with Gasteiger partial charge in [0.1, 0.15) is 5.75 Å². The van der Waals surface area contributed by atoms with Crippen molar-refractivity contribution >= 4 is 0 Å². The second kappa shape index (κ2) is 5.93. The summed E-state index contributed by atoms with van der Waals surface area (Å²) in [6, 6.07) is 7.88. The fraction of sp³-hybridized carbons (Fsp3) is 0.462. The van der Waals surface area contributed by atoms with E-state index in [9.17, 15) is 13.2 Å². The Bertz CT molecular complexity index is 464. The van der Waals surface area contributed by atoms with E-state index in [0.717, 1.165) is 0 Å². The Hall–Kier alpha value is -1.74. The predicted octanol–water partition coefficient (Wildman–Crippen LogP) is 3.22. The number of alkyl halides is 3. The molecule has 3 nitrogen and oxygen atoms in total. The van der Waals surface area contributed by atoms with Gasteiger partial charge in [-0.05, 0) is 31.5 Å². The molecule has 1 N–H and O–H groups in total. The molecule has 0 atom stereocenters. The Labute approximate surface area is 110 Å². The van der Waals surface area contributed by atoms with Crippen LogP contribution in [0.2, 0.25) is 0 Å². The second-order valence-corrected chi connectivity index (χ2v) is 4.79. The van der Waals surface area contributed by atoms with Gasteiger partial charge in [-0.1, -0.05) is 12.1 Å². The van der Waals surface area contributed by atoms with E-state index in [4.69, 9.17) is 5.26 Å². The van der Waals surface area contributed by atoms with Crippen molar-refractivity contribution in [2.45, 2.75) is 26.8 Å². The van der Waals surface area contributed by atoms with Crippen LogP contribution in [-0.4, -0.2) is 12.9 Å². The normalized spacial score (nSPS) is 12.0. The minimum atomic E-state index is -4.69. The molecule has 104 valence electrons. The average molecular weight is 272 g/mol. The highest BCUT2D eigenvalue weighted by atomic mass is 19.4. The van der Waals surface area contributed by atoms with Crippen LogP contribution in [0.4, 0.5) is 13.2 Å². The Morgan fingerprint density at radius 2 is 2.00 bits per heavy atom. The minimum Gasteiger partial charge on any atom is -0.406 e. The van der Waals surface area contributed by atoms with E-state index >= 15 is 0 Å². The lowest BCUT2D eigenvalue weighted by Gasteiger charge is -2.16. The van der Waals surface area contributed by atoms with Crippen molar-refractivity contribution in [3.63, 3.8) is 0 Å². The van der Waals surface area contributed by atoms with E-state index < -0.39 is 11.8 Å². The number of nitriles is 1. The molecule has 0 aromatic heterocycles. The maximum Gasteiger partial charge on any atom is 0.573 e. The van der Waals surface area contributed by atoms with E-state index in [-0.39, 0.29) is 5.75 Å². The van der Waals surface area contributed by atoms with Crippen molar-refractivity contribution in [2.75, 3.05) is 6.54 Å². The van der Waals surface area contributed by atoms with Gasteiger partial charge in [0.15, 0.2) is 0 Å². The van der Waals surface area contributed by atoms with Gasteiger partial charge in [-0.25, -0.2) is 0 Å². The van der Waals surface area contributed by atoms with Gasteiger partial charge in [0.05, 0.1) is 11.5 Å². The Morgan fingerprint density at radius 1 is 1.32 bits per heavy atom. The standard InChI is InChI=1S/C13H15F3N2O/c1-12(2,8-17)9-18-7-10-4-3-5-11(6-10)19-13(14,15)16/h3-6,18H,7,9H2,1-2H3. The summed E-state index contributed by atoms with van der Waals surface area (Å²) < 4.78 is 40.0. The van der Waals surface area contributed by atoms with Gasteiger partial charge in [0.25, 0.3) is 0 Å². The summed E-state index contributed by atoms with van der Waals surface area (Å²) in [5.41, 5.74) is 0.149. The lowest BCUT2D eigenvalue weighted by Crippen LogP contribution is -2.27. The van der Waals surface area contributed by atoms with Gasteiger partial charge in [-0.15, -0.1) is 13.2 Å². The Kier molecular flexibility index (Phi) is 4.78. The van der Waals surface area contributed by atoms with Gasteiger partial charge in [-0.2, -0.15) is 5.26 Å². The highest BCUT2D eigenvalue weighted by Gasteiger charge is 2.31. The molecular formula is C13H15F3N2O. The van der Waals surface area contributed by atoms with Crippen molar-refractivity contribution in [3.05, 3.63) is 29.8 Å². The van der Waals surface area contributed by atoms with Crippen LogP contribution in [0.3, 0.4) is 0 Å². The van der Waals surface area contributed by atoms with E-state index in [1.807, 2.05) is 0 Å². The van der Waals surface area contributed by atoms with Crippen molar-refractivity contribution in [2.24, 2.45) is 5.41 Å². The van der Waals surface area contributed by atoms with Crippen LogP contribution in [0.15, 0.2) is 24.3 Å². The molecule has 0 aliphatic heterocycles. The molecule has 6 heteroatoms. The van der Waals surface area contributed by atoms with Crippen LogP contribution in [0.25, 0.3) is 0 Å². The summed E-state index contributed by atoms with van der Waals surface area (Å²) in [6.45, 7) is 4.39. The zero-order chi connectivity index (χ0) is 14.5. The summed E-state index contributed by atoms with van der Waals surface area (Å²) in [4.78, 5) is 0. The first-order valence-electron chi connectivity index (χ1n) is 5.68. The van der Waals surface area contributed by atoms with Gasteiger partial charge >= 0.3 is 6.36 Å². The maximum atomic E-state index is 12.1. The van der Waals surface area contributed by atoms with Crippen LogP contribution in [0.1, 0.15) is 19.4 Å². The van der Waals surface area contributed by atoms with Crippen LogP contribution in [0.5, 0.6) is 5.75 Å². The molecule has 0 saturated heterocycles. The highest BCUT2D eigenvalue weighted by Crippen LogP contribution is 2.23. The van der Waals surface area contributed by atoms with Gasteiger partial charge in [0, 0.05) is 13.1 Å². The summed E-state index contributed by atoms with van der Waals surface area (Å²) in [7, 11) is 0. The third-order valence-corrected chi connectivity index (χ3v) is 2.33. The van der Waals surface area contributed by atoms with Crippen molar-refractivity contribution in [1.82, 2.24) is 5.32 Å². The van der Waals surface area contributed by atoms with E-state index in [2.05, 4.69) is 16.1 Å². The van der Waals surface area contributed by atoms with Crippen molar-refractivity contribution in [1.29, 1.82) is 5.26 Å². The zero-order valence-electron chi connectivity index (χ0n) is 10.7. The zero-order valence-corrected chi connectivity index (χ0v) is 10.7. The highest BCUT2D eigenvalue weighted by molar-refractivity contribution is 5.28. The van der Waals surface area contributed by atoms with Crippen LogP contribution >= 0.6 is 0 Å². The molecule has 19 heavy (non-hydrogen) atoms. The average Bonchev–Trinajstić information content (AvgIpc) is 2.27. The molecule has 0 aliphatic rings. The van der Waals surface area contributed by atoms with Crippen LogP contribution in [-0.2, 0) is 6.54 Å². The summed E-state index contributed by atoms with van der Waals surface area (Å²) >= 11 is 0. The SMILES string of the molecule is CC(C)(C#N)CNCc1cccc(OC(F)(F)F)c1. The largest absolute Gasteiger partial charge is 0.573 e. The number of halogens is 3. The predicted molar refractivity (Wildman–Crippen MR) is 64.2 cm³/mol. The molecular weight excluding hydrogens is 257 g/mol. The Morgan fingerprint density at radius 3 is 2.58 bits per heavy atom. The molecule has 1 aromatic carbocycles. The van der Waals surface area contributed by atoms with Gasteiger partial charge in [0.2, 0.25) is 0 Å². The Balaban J connectivity index is 2.56. The molecule has 0 unspecified atom stereocenters. The van der Waals surface area contributed by atoms with E-state index in [0.29, 0.717) is 18.7 Å². The fourth-order valence-electron chi connectivity index (χ4n) is 1.41. The number of hydrogen-bond donors (Lipinski definition) is 1. The lowest BCUT2D eigenvalue weighted by atomic mass is 9.96. The first kappa shape index (κ1) is 15.3. The van der Waals surface area contributed by atoms with E-state index in [1.54, 1.807) is 19.9 Å². The number of nitrogens with zero attached hydrogens (tertiary/aromatic N) is 1. The summed E-state index contributed by atoms with van der Waals surface area (Å²) in [6.07, 6.45) is -4.69. The monoisotopic (exact) mass is 272 g/mol. The van der Waals surface area contributed by atoms with E-state index in [1.165, 1.54) is 18.2 Å². The van der Waals surface area contributed by atoms with Gasteiger partial charge < -0.3 is 10.1 Å². The van der Waals surface area contributed by atoms with Gasteiger partial charge in [-0.3, -0.25) is 0 Å². The second-order valence-electron chi connectivity index (χ2n) is 4.79. The third-order valence-electron chi connectivity index (χ3n) is 2.33. The van der Waals surface area contributed by atoms with Crippen molar-refractivity contribution in [3.8, 4) is 11.8 Å². The summed E-state index contributed by atoms with van der Waals surface area (Å²) in [5.74, 6) is -0.244. The molecule has 1 aromatic rings. The quantitative estimate of drug-likeness (QED) is 0.895. The molecule has 0 aliphatic carbocycles. The molecule has 0 saturated carbocycles. The van der Waals surface area contributed by atoms with Crippen molar-refractivity contribution < 1.29 is 17.9 Å². The first-order valence-corrected chi connectivity index (χ1v) is 5.68. The minimum absolute atomic E-state index is 0.244. The smallest absolute Gasteiger partial charge is 0.406 e. The maximum absolute atomic E-state index is 12.1. The lowest BCUT2D eigenvalue weighted by molar-refractivity contribution is -0.274.